The molecule has 0 unspecified atom stereocenters. The summed E-state index contributed by atoms with van der Waals surface area (Å²) in [6.07, 6.45) is -0.167. The van der Waals surface area contributed by atoms with Gasteiger partial charge in [0.05, 0.1) is 17.6 Å². The van der Waals surface area contributed by atoms with Crippen LogP contribution in [0.3, 0.4) is 0 Å². The Morgan fingerprint density at radius 1 is 1.28 bits per heavy atom. The number of hydrogen-bond donors (Lipinski definition) is 1. The molecule has 3 rings (SSSR count). The summed E-state index contributed by atoms with van der Waals surface area (Å²) in [7, 11) is -3.49. The number of amides is 1. The first-order chi connectivity index (χ1) is 11.8. The van der Waals surface area contributed by atoms with Crippen LogP contribution in [0.25, 0.3) is 0 Å². The van der Waals surface area contributed by atoms with E-state index in [0.717, 1.165) is 9.75 Å². The Balaban J connectivity index is 1.65. The van der Waals surface area contributed by atoms with E-state index in [9.17, 15) is 13.2 Å². The Hall–Kier alpha value is -1.00. The van der Waals surface area contributed by atoms with E-state index in [1.807, 2.05) is 20.8 Å². The van der Waals surface area contributed by atoms with Gasteiger partial charge in [0.1, 0.15) is 6.04 Å². The van der Waals surface area contributed by atoms with Gasteiger partial charge in [0.2, 0.25) is 15.9 Å². The highest BCUT2D eigenvalue weighted by molar-refractivity contribution is 7.89. The van der Waals surface area contributed by atoms with Crippen molar-refractivity contribution in [2.45, 2.75) is 37.8 Å². The van der Waals surface area contributed by atoms with Gasteiger partial charge in [0.15, 0.2) is 0 Å². The second-order valence-electron chi connectivity index (χ2n) is 6.51. The highest BCUT2D eigenvalue weighted by Crippen LogP contribution is 2.28. The lowest BCUT2D eigenvalue weighted by atomic mass is 10.1. The topological polar surface area (TPSA) is 79.0 Å². The van der Waals surface area contributed by atoms with Gasteiger partial charge in [-0.25, -0.2) is 8.42 Å². The van der Waals surface area contributed by atoms with Crippen molar-refractivity contribution in [3.05, 3.63) is 15.8 Å². The van der Waals surface area contributed by atoms with Gasteiger partial charge < -0.3 is 15.0 Å². The zero-order valence-corrected chi connectivity index (χ0v) is 16.5. The number of rotatable bonds is 3. The summed E-state index contributed by atoms with van der Waals surface area (Å²) < 4.78 is 32.7. The molecule has 7 nitrogen and oxygen atoms in total. The Morgan fingerprint density at radius 2 is 1.96 bits per heavy atom. The molecule has 2 atom stereocenters. The van der Waals surface area contributed by atoms with Crippen molar-refractivity contribution in [2.24, 2.45) is 0 Å². The number of carbonyl (C=O) groups is 1. The van der Waals surface area contributed by atoms with Crippen molar-refractivity contribution in [2.75, 3.05) is 39.3 Å². The molecule has 140 valence electrons. The van der Waals surface area contributed by atoms with Crippen LogP contribution in [-0.4, -0.2) is 75.0 Å². The molecule has 1 N–H and O–H groups in total. The van der Waals surface area contributed by atoms with Crippen LogP contribution in [0.5, 0.6) is 0 Å². The molecule has 0 bridgehead atoms. The van der Waals surface area contributed by atoms with Gasteiger partial charge in [0, 0.05) is 42.5 Å². The summed E-state index contributed by atoms with van der Waals surface area (Å²) in [5, 5.41) is 3.20. The summed E-state index contributed by atoms with van der Waals surface area (Å²) in [5.74, 6) is -0.00759. The van der Waals surface area contributed by atoms with Crippen molar-refractivity contribution in [1.29, 1.82) is 0 Å². The minimum atomic E-state index is -3.49. The molecule has 3 heterocycles. The molecule has 1 amide bonds. The van der Waals surface area contributed by atoms with E-state index in [-0.39, 0.29) is 18.1 Å². The lowest BCUT2D eigenvalue weighted by Crippen LogP contribution is -2.60. The Labute approximate surface area is 153 Å². The standard InChI is InChI=1S/C16H25N3O4S2/c1-11-10-14(13(3)24-11)25(21,22)19-7-5-18(6-8-19)16(20)15-12(2)23-9-4-17-15/h10,12,15,17H,4-9H2,1-3H3/t12-,15+/m1/s1. The van der Waals surface area contributed by atoms with Gasteiger partial charge in [-0.2, -0.15) is 4.31 Å². The zero-order valence-electron chi connectivity index (χ0n) is 14.8. The summed E-state index contributed by atoms with van der Waals surface area (Å²) in [6.45, 7) is 8.36. The fraction of sp³-hybridized carbons (Fsp3) is 0.688. The fourth-order valence-electron chi connectivity index (χ4n) is 3.36. The van der Waals surface area contributed by atoms with E-state index >= 15 is 0 Å². The number of aryl methyl sites for hydroxylation is 2. The zero-order chi connectivity index (χ0) is 18.2. The van der Waals surface area contributed by atoms with E-state index in [2.05, 4.69) is 5.32 Å². The van der Waals surface area contributed by atoms with Crippen LogP contribution in [0.15, 0.2) is 11.0 Å². The summed E-state index contributed by atoms with van der Waals surface area (Å²) >= 11 is 1.49. The molecule has 0 aliphatic carbocycles. The SMILES string of the molecule is Cc1cc(S(=O)(=O)N2CCN(C(=O)[C@H]3NCCO[C@@H]3C)CC2)c(C)s1. The van der Waals surface area contributed by atoms with E-state index in [0.29, 0.717) is 44.2 Å². The molecule has 2 fully saturated rings. The molecule has 2 aliphatic rings. The van der Waals surface area contributed by atoms with Crippen LogP contribution in [0.2, 0.25) is 0 Å². The van der Waals surface area contributed by atoms with Crippen LogP contribution in [0, 0.1) is 13.8 Å². The number of thiophene rings is 1. The van der Waals surface area contributed by atoms with Crippen molar-refractivity contribution in [1.82, 2.24) is 14.5 Å². The van der Waals surface area contributed by atoms with E-state index in [1.54, 1.807) is 11.0 Å². The molecule has 9 heteroatoms. The molecule has 0 radical (unpaired) electrons. The second-order valence-corrected chi connectivity index (χ2v) is 9.88. The molecule has 1 aromatic rings. The first kappa shape index (κ1) is 18.8. The Bertz CT molecular complexity index is 739. The maximum Gasteiger partial charge on any atom is 0.244 e. The molecule has 0 spiro atoms. The fourth-order valence-corrected chi connectivity index (χ4v) is 6.30. The first-order valence-corrected chi connectivity index (χ1v) is 10.8. The molecule has 0 saturated carbocycles. The molecular weight excluding hydrogens is 362 g/mol. The minimum Gasteiger partial charge on any atom is -0.375 e. The number of nitrogens with zero attached hydrogens (tertiary/aromatic N) is 2. The highest BCUT2D eigenvalue weighted by Gasteiger charge is 2.36. The second kappa shape index (κ2) is 7.32. The van der Waals surface area contributed by atoms with E-state index in [1.165, 1.54) is 15.6 Å². The smallest absolute Gasteiger partial charge is 0.244 e. The third-order valence-corrected chi connectivity index (χ3v) is 7.87. The maximum absolute atomic E-state index is 12.8. The van der Waals surface area contributed by atoms with E-state index in [4.69, 9.17) is 4.74 Å². The van der Waals surface area contributed by atoms with Gasteiger partial charge in [-0.05, 0) is 26.8 Å². The van der Waals surface area contributed by atoms with Gasteiger partial charge in [-0.1, -0.05) is 0 Å². The quantitative estimate of drug-likeness (QED) is 0.821. The van der Waals surface area contributed by atoms with Crippen LogP contribution in [-0.2, 0) is 19.6 Å². The van der Waals surface area contributed by atoms with Crippen molar-refractivity contribution >= 4 is 27.3 Å². The largest absolute Gasteiger partial charge is 0.375 e. The Morgan fingerprint density at radius 3 is 2.52 bits per heavy atom. The monoisotopic (exact) mass is 387 g/mol. The number of nitrogens with one attached hydrogen (secondary N) is 1. The summed E-state index contributed by atoms with van der Waals surface area (Å²) in [4.78, 5) is 16.6. The number of sulfonamides is 1. The van der Waals surface area contributed by atoms with Crippen molar-refractivity contribution in [3.63, 3.8) is 0 Å². The van der Waals surface area contributed by atoms with Gasteiger partial charge in [-0.3, -0.25) is 4.79 Å². The number of morpholine rings is 1. The van der Waals surface area contributed by atoms with Gasteiger partial charge in [0.25, 0.3) is 0 Å². The number of ether oxygens (including phenoxy) is 1. The van der Waals surface area contributed by atoms with Crippen LogP contribution < -0.4 is 5.32 Å². The lowest BCUT2D eigenvalue weighted by Gasteiger charge is -2.38. The maximum atomic E-state index is 12.8. The van der Waals surface area contributed by atoms with Crippen molar-refractivity contribution in [3.8, 4) is 0 Å². The number of piperazine rings is 1. The number of hydrogen-bond acceptors (Lipinski definition) is 6. The average Bonchev–Trinajstić information content (AvgIpc) is 2.94. The van der Waals surface area contributed by atoms with Gasteiger partial charge >= 0.3 is 0 Å². The van der Waals surface area contributed by atoms with E-state index < -0.39 is 10.0 Å². The van der Waals surface area contributed by atoms with Crippen LogP contribution in [0.4, 0.5) is 0 Å². The normalized spacial score (nSPS) is 26.0. The first-order valence-electron chi connectivity index (χ1n) is 8.51. The minimum absolute atomic E-state index is 0.00759. The van der Waals surface area contributed by atoms with Crippen LogP contribution in [0.1, 0.15) is 16.7 Å². The predicted octanol–water partition coefficient (Wildman–Crippen LogP) is 0.575. The highest BCUT2D eigenvalue weighted by atomic mass is 32.2. The Kier molecular flexibility index (Phi) is 5.50. The molecule has 0 aromatic carbocycles. The third kappa shape index (κ3) is 3.75. The number of carbonyl (C=O) groups excluding carboxylic acids is 1. The molecule has 2 aliphatic heterocycles. The molecule has 25 heavy (non-hydrogen) atoms. The molecular formula is C16H25N3O4S2. The molecule has 2 saturated heterocycles. The van der Waals surface area contributed by atoms with Gasteiger partial charge in [-0.15, -0.1) is 11.3 Å². The summed E-state index contributed by atoms with van der Waals surface area (Å²) in [5.41, 5.74) is 0. The lowest BCUT2D eigenvalue weighted by molar-refractivity contribution is -0.140. The van der Waals surface area contributed by atoms with Crippen LogP contribution >= 0.6 is 11.3 Å². The third-order valence-electron chi connectivity index (χ3n) is 4.75. The van der Waals surface area contributed by atoms with Crippen molar-refractivity contribution < 1.29 is 17.9 Å². The predicted molar refractivity (Wildman–Crippen MR) is 96.3 cm³/mol. The molecule has 1 aromatic heterocycles. The average molecular weight is 388 g/mol. The summed E-state index contributed by atoms with van der Waals surface area (Å²) in [6, 6.07) is 1.39.